The lowest BCUT2D eigenvalue weighted by molar-refractivity contribution is -0.138. The van der Waals surface area contributed by atoms with Crippen LogP contribution < -0.4 is 0 Å². The molecule has 1 saturated heterocycles. The smallest absolute Gasteiger partial charge is 0.303 e. The van der Waals surface area contributed by atoms with Crippen LogP contribution in [-0.2, 0) is 16.0 Å². The van der Waals surface area contributed by atoms with Crippen molar-refractivity contribution in [1.29, 1.82) is 0 Å². The van der Waals surface area contributed by atoms with Gasteiger partial charge in [0.1, 0.15) is 0 Å². The monoisotopic (exact) mass is 363 g/mol. The largest absolute Gasteiger partial charge is 0.481 e. The number of carboxylic acids is 1. The van der Waals surface area contributed by atoms with Gasteiger partial charge in [-0.3, -0.25) is 9.59 Å². The standard InChI is InChI=1S/C17H21N3O4S/c21-15(20-8-6-12(7-9-20)11-16(22)23)5-1-4-14-18-17(19-24-14)13-3-2-10-25-13/h2-3,10,12H,1,4-9,11H2,(H,22,23). The lowest BCUT2D eigenvalue weighted by Gasteiger charge is -2.31. The topological polar surface area (TPSA) is 96.5 Å². The summed E-state index contributed by atoms with van der Waals surface area (Å²) in [4.78, 5) is 30.1. The van der Waals surface area contributed by atoms with Crippen LogP contribution in [0.15, 0.2) is 22.0 Å². The molecule has 8 heteroatoms. The Balaban J connectivity index is 1.39. The first-order chi connectivity index (χ1) is 12.1. The van der Waals surface area contributed by atoms with E-state index in [2.05, 4.69) is 10.1 Å². The summed E-state index contributed by atoms with van der Waals surface area (Å²) in [5.41, 5.74) is 0. The van der Waals surface area contributed by atoms with Gasteiger partial charge >= 0.3 is 5.97 Å². The molecule has 2 aromatic rings. The quantitative estimate of drug-likeness (QED) is 0.812. The molecule has 2 aromatic heterocycles. The maximum atomic E-state index is 12.3. The predicted molar refractivity (Wildman–Crippen MR) is 92.1 cm³/mol. The van der Waals surface area contributed by atoms with Crippen molar-refractivity contribution in [2.24, 2.45) is 5.92 Å². The van der Waals surface area contributed by atoms with E-state index in [-0.39, 0.29) is 18.2 Å². The highest BCUT2D eigenvalue weighted by Crippen LogP contribution is 2.23. The van der Waals surface area contributed by atoms with Gasteiger partial charge in [0.25, 0.3) is 0 Å². The van der Waals surface area contributed by atoms with Gasteiger partial charge in [-0.25, -0.2) is 0 Å². The maximum Gasteiger partial charge on any atom is 0.303 e. The Bertz CT molecular complexity index is 705. The molecule has 0 aromatic carbocycles. The number of aliphatic carboxylic acids is 1. The first kappa shape index (κ1) is 17.6. The van der Waals surface area contributed by atoms with E-state index in [9.17, 15) is 9.59 Å². The molecule has 0 unspecified atom stereocenters. The van der Waals surface area contributed by atoms with Crippen LogP contribution in [0.5, 0.6) is 0 Å². The normalized spacial score (nSPS) is 15.4. The fraction of sp³-hybridized carbons (Fsp3) is 0.529. The van der Waals surface area contributed by atoms with Gasteiger partial charge in [0, 0.05) is 32.4 Å². The molecule has 0 atom stereocenters. The lowest BCUT2D eigenvalue weighted by atomic mass is 9.93. The minimum absolute atomic E-state index is 0.117. The summed E-state index contributed by atoms with van der Waals surface area (Å²) in [7, 11) is 0. The van der Waals surface area contributed by atoms with Crippen molar-refractivity contribution in [2.75, 3.05) is 13.1 Å². The van der Waals surface area contributed by atoms with Crippen molar-refractivity contribution in [3.63, 3.8) is 0 Å². The molecule has 1 fully saturated rings. The maximum absolute atomic E-state index is 12.3. The molecule has 1 aliphatic rings. The molecule has 3 rings (SSSR count). The molecular formula is C17H21N3O4S. The number of hydrogen-bond acceptors (Lipinski definition) is 6. The predicted octanol–water partition coefficient (Wildman–Crippen LogP) is 2.83. The van der Waals surface area contributed by atoms with Crippen molar-refractivity contribution < 1.29 is 19.2 Å². The molecule has 1 amide bonds. The average Bonchev–Trinajstić information content (AvgIpc) is 3.26. The second kappa shape index (κ2) is 8.24. The highest BCUT2D eigenvalue weighted by atomic mass is 32.1. The Kier molecular flexibility index (Phi) is 5.80. The number of aryl methyl sites for hydroxylation is 1. The summed E-state index contributed by atoms with van der Waals surface area (Å²) >= 11 is 1.56. The molecule has 0 saturated carbocycles. The molecule has 0 aliphatic carbocycles. The molecule has 0 radical (unpaired) electrons. The third-order valence-electron chi connectivity index (χ3n) is 4.42. The number of nitrogens with zero attached hydrogens (tertiary/aromatic N) is 3. The molecule has 1 N–H and O–H groups in total. The third kappa shape index (κ3) is 4.88. The van der Waals surface area contributed by atoms with Crippen LogP contribution in [-0.4, -0.2) is 45.1 Å². The zero-order valence-corrected chi connectivity index (χ0v) is 14.7. The van der Waals surface area contributed by atoms with Gasteiger partial charge in [-0.2, -0.15) is 4.98 Å². The fourth-order valence-corrected chi connectivity index (χ4v) is 3.69. The van der Waals surface area contributed by atoms with Crippen molar-refractivity contribution in [3.05, 3.63) is 23.4 Å². The van der Waals surface area contributed by atoms with Crippen LogP contribution in [0.25, 0.3) is 10.7 Å². The second-order valence-electron chi connectivity index (χ2n) is 6.26. The highest BCUT2D eigenvalue weighted by molar-refractivity contribution is 7.13. The van der Waals surface area contributed by atoms with E-state index in [1.165, 1.54) is 0 Å². The number of thiophene rings is 1. The van der Waals surface area contributed by atoms with Gasteiger partial charge < -0.3 is 14.5 Å². The Hall–Kier alpha value is -2.22. The molecule has 0 spiro atoms. The number of rotatable bonds is 7. The van der Waals surface area contributed by atoms with E-state index < -0.39 is 5.97 Å². The highest BCUT2D eigenvalue weighted by Gasteiger charge is 2.24. The number of amides is 1. The van der Waals surface area contributed by atoms with Crippen LogP contribution in [0.2, 0.25) is 0 Å². The summed E-state index contributed by atoms with van der Waals surface area (Å²) in [5.74, 6) is 0.696. The van der Waals surface area contributed by atoms with E-state index in [0.29, 0.717) is 44.1 Å². The number of piperidine rings is 1. The van der Waals surface area contributed by atoms with Gasteiger partial charge in [-0.05, 0) is 36.6 Å². The second-order valence-corrected chi connectivity index (χ2v) is 7.21. The van der Waals surface area contributed by atoms with Gasteiger partial charge in [0.15, 0.2) is 0 Å². The number of hydrogen-bond donors (Lipinski definition) is 1. The summed E-state index contributed by atoms with van der Waals surface area (Å²) in [6.07, 6.45) is 3.43. The van der Waals surface area contributed by atoms with Crippen molar-refractivity contribution >= 4 is 23.2 Å². The Morgan fingerprint density at radius 2 is 2.16 bits per heavy atom. The van der Waals surface area contributed by atoms with E-state index in [1.54, 1.807) is 11.3 Å². The summed E-state index contributed by atoms with van der Waals surface area (Å²) in [6, 6.07) is 3.88. The third-order valence-corrected chi connectivity index (χ3v) is 5.29. The van der Waals surface area contributed by atoms with E-state index in [1.807, 2.05) is 22.4 Å². The van der Waals surface area contributed by atoms with Crippen molar-refractivity contribution in [1.82, 2.24) is 15.0 Å². The van der Waals surface area contributed by atoms with Crippen LogP contribution in [0.3, 0.4) is 0 Å². The molecule has 134 valence electrons. The summed E-state index contributed by atoms with van der Waals surface area (Å²) < 4.78 is 5.23. The van der Waals surface area contributed by atoms with E-state index >= 15 is 0 Å². The first-order valence-corrected chi connectivity index (χ1v) is 9.36. The Morgan fingerprint density at radius 3 is 2.84 bits per heavy atom. The molecule has 3 heterocycles. The number of likely N-dealkylation sites (tertiary alicyclic amines) is 1. The van der Waals surface area contributed by atoms with Crippen LogP contribution >= 0.6 is 11.3 Å². The van der Waals surface area contributed by atoms with Crippen LogP contribution in [0, 0.1) is 5.92 Å². The average molecular weight is 363 g/mol. The molecular weight excluding hydrogens is 342 g/mol. The zero-order chi connectivity index (χ0) is 17.6. The van der Waals surface area contributed by atoms with Gasteiger partial charge in [0.05, 0.1) is 4.88 Å². The molecule has 25 heavy (non-hydrogen) atoms. The van der Waals surface area contributed by atoms with E-state index in [4.69, 9.17) is 9.63 Å². The molecule has 0 bridgehead atoms. The Morgan fingerprint density at radius 1 is 1.36 bits per heavy atom. The SMILES string of the molecule is O=C(O)CC1CCN(C(=O)CCCc2nc(-c3cccs3)no2)CC1. The number of carbonyl (C=O) groups is 2. The molecule has 7 nitrogen and oxygen atoms in total. The molecule has 1 aliphatic heterocycles. The minimum Gasteiger partial charge on any atom is -0.481 e. The van der Waals surface area contributed by atoms with Gasteiger partial charge in [0.2, 0.25) is 17.6 Å². The number of aromatic nitrogens is 2. The Labute approximate surface area is 149 Å². The summed E-state index contributed by atoms with van der Waals surface area (Å²) in [5, 5.41) is 14.7. The lowest BCUT2D eigenvalue weighted by Crippen LogP contribution is -2.38. The zero-order valence-electron chi connectivity index (χ0n) is 13.9. The summed E-state index contributed by atoms with van der Waals surface area (Å²) in [6.45, 7) is 1.31. The van der Waals surface area contributed by atoms with Crippen molar-refractivity contribution in [3.8, 4) is 10.7 Å². The first-order valence-electron chi connectivity index (χ1n) is 8.48. The number of carboxylic acid groups (broad SMARTS) is 1. The fourth-order valence-electron chi connectivity index (χ4n) is 3.04. The van der Waals surface area contributed by atoms with Gasteiger partial charge in [-0.1, -0.05) is 11.2 Å². The van der Waals surface area contributed by atoms with Gasteiger partial charge in [-0.15, -0.1) is 11.3 Å². The number of carbonyl (C=O) groups excluding carboxylic acids is 1. The van der Waals surface area contributed by atoms with Crippen LogP contribution in [0.1, 0.15) is 38.0 Å². The van der Waals surface area contributed by atoms with Crippen LogP contribution in [0.4, 0.5) is 0 Å². The van der Waals surface area contributed by atoms with Crippen molar-refractivity contribution in [2.45, 2.75) is 38.5 Å². The van der Waals surface area contributed by atoms with E-state index in [0.717, 1.165) is 17.7 Å². The minimum atomic E-state index is -0.758.